The number of rotatable bonds is 3. The van der Waals surface area contributed by atoms with E-state index >= 15 is 0 Å². The second-order valence-corrected chi connectivity index (χ2v) is 7.09. The maximum Gasteiger partial charge on any atom is 0.258 e. The number of anilines is 1. The van der Waals surface area contributed by atoms with Crippen LogP contribution in [0.1, 0.15) is 41.7 Å². The van der Waals surface area contributed by atoms with Crippen molar-refractivity contribution in [1.29, 1.82) is 0 Å². The van der Waals surface area contributed by atoms with Crippen molar-refractivity contribution in [2.45, 2.75) is 32.5 Å². The summed E-state index contributed by atoms with van der Waals surface area (Å²) in [6, 6.07) is 10.00. The van der Waals surface area contributed by atoms with E-state index in [0.717, 1.165) is 27.0 Å². The van der Waals surface area contributed by atoms with Crippen LogP contribution in [0, 0.1) is 0 Å². The predicted molar refractivity (Wildman–Crippen MR) is 90.7 cm³/mol. The summed E-state index contributed by atoms with van der Waals surface area (Å²) >= 11 is 5.16. The van der Waals surface area contributed by atoms with Gasteiger partial charge >= 0.3 is 0 Å². The number of fused-ring (bicyclic) bond motifs is 1. The number of carbonyl (C=O) groups is 1. The predicted octanol–water partition coefficient (Wildman–Crippen LogP) is 4.88. The van der Waals surface area contributed by atoms with E-state index in [2.05, 4.69) is 46.5 Å². The molecule has 1 N–H and O–H groups in total. The monoisotopic (exact) mass is 364 g/mol. The second kappa shape index (κ2) is 5.81. The van der Waals surface area contributed by atoms with Crippen LogP contribution in [0.25, 0.3) is 0 Å². The second-order valence-electron chi connectivity index (χ2n) is 5.23. The Kier molecular flexibility index (Phi) is 4.04. The van der Waals surface area contributed by atoms with Gasteiger partial charge in [-0.3, -0.25) is 4.79 Å². The molecule has 1 aliphatic rings. The van der Waals surface area contributed by atoms with E-state index in [1.54, 1.807) is 11.3 Å². The Bertz CT molecular complexity index is 670. The molecule has 1 aromatic heterocycles. The number of benzene rings is 1. The van der Waals surface area contributed by atoms with Crippen LogP contribution in [-0.4, -0.2) is 16.8 Å². The number of nitrogens with one attached hydrogen (secondary N) is 1. The lowest BCUT2D eigenvalue weighted by molar-refractivity contribution is 0.0597. The number of amides is 1. The van der Waals surface area contributed by atoms with Crippen LogP contribution in [0.2, 0.25) is 0 Å². The fraction of sp³-hybridized carbons (Fsp3) is 0.312. The molecule has 5 heteroatoms. The minimum atomic E-state index is -0.0985. The Morgan fingerprint density at radius 2 is 2.19 bits per heavy atom. The highest BCUT2D eigenvalue weighted by Gasteiger charge is 2.35. The highest BCUT2D eigenvalue weighted by Crippen LogP contribution is 2.37. The van der Waals surface area contributed by atoms with Gasteiger partial charge in [-0.15, -0.1) is 11.3 Å². The van der Waals surface area contributed by atoms with Crippen LogP contribution in [0.3, 0.4) is 0 Å². The molecule has 1 aromatic carbocycles. The molecule has 1 amide bonds. The highest BCUT2D eigenvalue weighted by atomic mass is 79.9. The van der Waals surface area contributed by atoms with Gasteiger partial charge in [0.05, 0.1) is 5.56 Å². The van der Waals surface area contributed by atoms with Crippen molar-refractivity contribution >= 4 is 38.9 Å². The van der Waals surface area contributed by atoms with Gasteiger partial charge in [-0.25, -0.2) is 0 Å². The van der Waals surface area contributed by atoms with Crippen LogP contribution in [0.4, 0.5) is 5.69 Å². The van der Waals surface area contributed by atoms with Crippen LogP contribution in [0.5, 0.6) is 0 Å². The fourth-order valence-electron chi connectivity index (χ4n) is 2.60. The third kappa shape index (κ3) is 2.60. The zero-order chi connectivity index (χ0) is 15.0. The summed E-state index contributed by atoms with van der Waals surface area (Å²) in [5.41, 5.74) is 1.67. The Morgan fingerprint density at radius 3 is 2.86 bits per heavy atom. The summed E-state index contributed by atoms with van der Waals surface area (Å²) in [7, 11) is 0. The molecule has 3 nitrogen and oxygen atoms in total. The van der Waals surface area contributed by atoms with Gasteiger partial charge in [0.2, 0.25) is 0 Å². The third-order valence-electron chi connectivity index (χ3n) is 3.89. The number of para-hydroxylation sites is 1. The summed E-state index contributed by atoms with van der Waals surface area (Å²) < 4.78 is 1.06. The van der Waals surface area contributed by atoms with Gasteiger partial charge < -0.3 is 10.2 Å². The Morgan fingerprint density at radius 1 is 1.43 bits per heavy atom. The first-order valence-corrected chi connectivity index (χ1v) is 8.71. The number of hydrogen-bond donors (Lipinski definition) is 1. The van der Waals surface area contributed by atoms with Gasteiger partial charge in [-0.05, 0) is 47.5 Å². The Balaban J connectivity index is 2.07. The molecular formula is C16H17BrN2OS. The van der Waals surface area contributed by atoms with Gasteiger partial charge in [0.15, 0.2) is 0 Å². The molecule has 2 atom stereocenters. The van der Waals surface area contributed by atoms with Crippen molar-refractivity contribution in [3.63, 3.8) is 0 Å². The summed E-state index contributed by atoms with van der Waals surface area (Å²) in [4.78, 5) is 16.0. The molecule has 110 valence electrons. The van der Waals surface area contributed by atoms with Gasteiger partial charge in [-0.2, -0.15) is 0 Å². The zero-order valence-electron chi connectivity index (χ0n) is 12.0. The third-order valence-corrected chi connectivity index (χ3v) is 5.63. The Hall–Kier alpha value is -1.33. The average molecular weight is 365 g/mol. The minimum Gasteiger partial charge on any atom is -0.360 e. The number of nitrogens with zero attached hydrogens (tertiary/aromatic N) is 1. The lowest BCUT2D eigenvalue weighted by atomic mass is 10.0. The van der Waals surface area contributed by atoms with E-state index in [0.29, 0.717) is 0 Å². The summed E-state index contributed by atoms with van der Waals surface area (Å²) in [6.45, 7) is 4.21. The first kappa shape index (κ1) is 14.6. The molecule has 1 aliphatic heterocycles. The summed E-state index contributed by atoms with van der Waals surface area (Å²) in [5.74, 6) is 0.105. The van der Waals surface area contributed by atoms with Crippen molar-refractivity contribution in [1.82, 2.24) is 4.90 Å². The number of halogens is 1. The molecule has 21 heavy (non-hydrogen) atoms. The highest BCUT2D eigenvalue weighted by molar-refractivity contribution is 9.10. The SMILES string of the molecule is CC[C@H](C)N1C(=O)c2ccccc2N[C@H]1c1cc(Br)cs1. The van der Waals surface area contributed by atoms with Gasteiger partial charge in [0, 0.05) is 26.5 Å². The van der Waals surface area contributed by atoms with Crippen molar-refractivity contribution in [3.05, 3.63) is 50.6 Å². The molecule has 3 rings (SSSR count). The molecule has 2 heterocycles. The van der Waals surface area contributed by atoms with Crippen molar-refractivity contribution in [2.24, 2.45) is 0 Å². The molecule has 0 saturated heterocycles. The van der Waals surface area contributed by atoms with E-state index in [1.165, 1.54) is 0 Å². The minimum absolute atomic E-state index is 0.0985. The summed E-state index contributed by atoms with van der Waals surface area (Å²) in [6.07, 6.45) is 0.831. The van der Waals surface area contributed by atoms with E-state index < -0.39 is 0 Å². The molecule has 0 radical (unpaired) electrons. The molecule has 0 unspecified atom stereocenters. The van der Waals surface area contributed by atoms with E-state index in [4.69, 9.17) is 0 Å². The smallest absolute Gasteiger partial charge is 0.258 e. The maximum absolute atomic E-state index is 12.9. The summed E-state index contributed by atoms with van der Waals surface area (Å²) in [5, 5.41) is 5.57. The van der Waals surface area contributed by atoms with E-state index in [9.17, 15) is 4.79 Å². The van der Waals surface area contributed by atoms with Crippen LogP contribution in [0.15, 0.2) is 40.2 Å². The van der Waals surface area contributed by atoms with Crippen molar-refractivity contribution < 1.29 is 4.79 Å². The average Bonchev–Trinajstić information content (AvgIpc) is 2.93. The fourth-order valence-corrected chi connectivity index (χ4v) is 4.09. The zero-order valence-corrected chi connectivity index (χ0v) is 14.4. The topological polar surface area (TPSA) is 32.3 Å². The quantitative estimate of drug-likeness (QED) is 0.841. The molecular weight excluding hydrogens is 348 g/mol. The van der Waals surface area contributed by atoms with Crippen molar-refractivity contribution in [3.8, 4) is 0 Å². The molecule has 0 fully saturated rings. The molecule has 0 bridgehead atoms. The van der Waals surface area contributed by atoms with E-state index in [-0.39, 0.29) is 18.1 Å². The van der Waals surface area contributed by atoms with Crippen molar-refractivity contribution in [2.75, 3.05) is 5.32 Å². The number of hydrogen-bond acceptors (Lipinski definition) is 3. The standard InChI is InChI=1S/C16H17BrN2OS/c1-3-10(2)19-15(14-8-11(17)9-21-14)18-13-7-5-4-6-12(13)16(19)20/h4-10,15,18H,3H2,1-2H3/t10-,15+/m0/s1. The van der Waals surface area contributed by atoms with E-state index in [1.807, 2.05) is 29.2 Å². The van der Waals surface area contributed by atoms with Gasteiger partial charge in [0.1, 0.15) is 6.17 Å². The van der Waals surface area contributed by atoms with Crippen LogP contribution in [-0.2, 0) is 0 Å². The van der Waals surface area contributed by atoms with Gasteiger partial charge in [0.25, 0.3) is 5.91 Å². The molecule has 0 saturated carbocycles. The number of thiophene rings is 1. The maximum atomic E-state index is 12.9. The van der Waals surface area contributed by atoms with Crippen LogP contribution < -0.4 is 5.32 Å². The lowest BCUT2D eigenvalue weighted by Crippen LogP contribution is -2.47. The Labute approximate surface area is 137 Å². The van der Waals surface area contributed by atoms with Crippen LogP contribution >= 0.6 is 27.3 Å². The van der Waals surface area contributed by atoms with Gasteiger partial charge in [-0.1, -0.05) is 19.1 Å². The first-order valence-electron chi connectivity index (χ1n) is 7.04. The molecule has 2 aromatic rings. The molecule has 0 aliphatic carbocycles. The lowest BCUT2D eigenvalue weighted by Gasteiger charge is -2.40. The molecule has 0 spiro atoms. The number of carbonyl (C=O) groups excluding carboxylic acids is 1. The normalized spacial score (nSPS) is 19.1. The first-order chi connectivity index (χ1) is 10.1. The largest absolute Gasteiger partial charge is 0.360 e.